The summed E-state index contributed by atoms with van der Waals surface area (Å²) in [5.74, 6) is 2.36. The molecule has 10 nitrogen and oxygen atoms in total. The molecule has 2 atom stereocenters. The number of benzene rings is 1. The summed E-state index contributed by atoms with van der Waals surface area (Å²) < 4.78 is 11.8. The highest BCUT2D eigenvalue weighted by Gasteiger charge is 2.36. The summed E-state index contributed by atoms with van der Waals surface area (Å²) in [6.07, 6.45) is 10.4. The van der Waals surface area contributed by atoms with Gasteiger partial charge in [-0.3, -0.25) is 9.69 Å². The number of hydrogen-bond acceptors (Lipinski definition) is 8. The number of piperidine rings is 1. The Morgan fingerprint density at radius 3 is 3.00 bits per heavy atom. The molecule has 0 aliphatic carbocycles. The van der Waals surface area contributed by atoms with Crippen LogP contribution in [0.3, 0.4) is 0 Å². The van der Waals surface area contributed by atoms with Gasteiger partial charge < -0.3 is 20.1 Å². The number of aromatic nitrogens is 3. The van der Waals surface area contributed by atoms with Crippen LogP contribution < -0.4 is 10.6 Å². The van der Waals surface area contributed by atoms with Crippen LogP contribution in [0, 0.1) is 18.3 Å². The van der Waals surface area contributed by atoms with Gasteiger partial charge in [-0.2, -0.15) is 5.10 Å². The maximum Gasteiger partial charge on any atom is 0.407 e. The Balaban J connectivity index is 1.52. The maximum absolute atomic E-state index is 12.5. The standard InChI is InChI=1S/C26H28N6O4/c1-4-13-36-26(34)30-22-10-11-31(16-21(22)25(33)35-3)15-19-9-12-32-23(19)24(27-17-28-32)29-20-8-6-7-18(5-2)14-20/h2,4,6-9,12,14,17,21-22H,1,10-11,13,15-16H2,3H3,(H,30,34)(H,27,28,29). The SMILES string of the molecule is C#Cc1cccc(Nc2ncnn3ccc(CN4CCC(NC(=O)OCC=C)C(C(=O)OC)C4)c23)c1. The lowest BCUT2D eigenvalue weighted by molar-refractivity contribution is -0.148. The number of hydrogen-bond donors (Lipinski definition) is 2. The fourth-order valence-corrected chi connectivity index (χ4v) is 4.36. The normalized spacial score (nSPS) is 17.7. The molecule has 0 radical (unpaired) electrons. The Hall–Kier alpha value is -4.36. The smallest absolute Gasteiger partial charge is 0.407 e. The van der Waals surface area contributed by atoms with E-state index in [0.717, 1.165) is 22.3 Å². The largest absolute Gasteiger partial charge is 0.469 e. The van der Waals surface area contributed by atoms with Crippen molar-refractivity contribution in [2.75, 3.05) is 32.1 Å². The Labute approximate surface area is 209 Å². The van der Waals surface area contributed by atoms with Crippen molar-refractivity contribution in [1.82, 2.24) is 24.8 Å². The van der Waals surface area contributed by atoms with E-state index in [0.29, 0.717) is 31.9 Å². The predicted molar refractivity (Wildman–Crippen MR) is 135 cm³/mol. The summed E-state index contributed by atoms with van der Waals surface area (Å²) in [5, 5.41) is 10.5. The number of methoxy groups -OCH3 is 1. The van der Waals surface area contributed by atoms with Crippen molar-refractivity contribution >= 4 is 29.1 Å². The molecule has 1 aromatic carbocycles. The van der Waals surface area contributed by atoms with E-state index in [2.05, 4.69) is 38.1 Å². The molecule has 1 aliphatic heterocycles. The summed E-state index contributed by atoms with van der Waals surface area (Å²) >= 11 is 0. The van der Waals surface area contributed by atoms with Gasteiger partial charge in [0.1, 0.15) is 18.5 Å². The molecule has 1 fully saturated rings. The first-order valence-corrected chi connectivity index (χ1v) is 11.5. The Bertz CT molecular complexity index is 1300. The van der Waals surface area contributed by atoms with E-state index in [1.165, 1.54) is 19.5 Å². The second-order valence-electron chi connectivity index (χ2n) is 8.38. The fourth-order valence-electron chi connectivity index (χ4n) is 4.36. The van der Waals surface area contributed by atoms with E-state index in [1.54, 1.807) is 4.52 Å². The molecule has 3 heterocycles. The number of ether oxygens (including phenoxy) is 2. The van der Waals surface area contributed by atoms with Crippen molar-refractivity contribution in [3.8, 4) is 12.3 Å². The van der Waals surface area contributed by atoms with Crippen LogP contribution in [0.25, 0.3) is 5.52 Å². The van der Waals surface area contributed by atoms with Crippen LogP contribution in [0.4, 0.5) is 16.3 Å². The zero-order valence-corrected chi connectivity index (χ0v) is 20.0. The lowest BCUT2D eigenvalue weighted by Gasteiger charge is -2.37. The maximum atomic E-state index is 12.5. The molecule has 0 spiro atoms. The van der Waals surface area contributed by atoms with Gasteiger partial charge in [0.25, 0.3) is 0 Å². The molecule has 36 heavy (non-hydrogen) atoms. The number of alkyl carbamates (subject to hydrolysis) is 1. The molecule has 1 aliphatic rings. The number of rotatable bonds is 8. The van der Waals surface area contributed by atoms with Crippen LogP contribution in [0.5, 0.6) is 0 Å². The lowest BCUT2D eigenvalue weighted by atomic mass is 9.92. The van der Waals surface area contributed by atoms with Gasteiger partial charge in [-0.15, -0.1) is 6.42 Å². The Morgan fingerprint density at radius 2 is 2.22 bits per heavy atom. The number of esters is 1. The van der Waals surface area contributed by atoms with Crippen LogP contribution in [0.2, 0.25) is 0 Å². The summed E-state index contributed by atoms with van der Waals surface area (Å²) in [5.41, 5.74) is 3.40. The highest BCUT2D eigenvalue weighted by Crippen LogP contribution is 2.27. The summed E-state index contributed by atoms with van der Waals surface area (Å²) in [6.45, 7) is 5.27. The number of anilines is 2. The zero-order chi connectivity index (χ0) is 25.5. The molecule has 4 rings (SSSR count). The third-order valence-electron chi connectivity index (χ3n) is 6.06. The first kappa shape index (κ1) is 24.8. The number of carbonyl (C=O) groups is 2. The third-order valence-corrected chi connectivity index (χ3v) is 6.06. The van der Waals surface area contributed by atoms with Gasteiger partial charge in [0.2, 0.25) is 0 Å². The summed E-state index contributed by atoms with van der Waals surface area (Å²) in [6, 6.07) is 9.13. The number of likely N-dealkylation sites (tertiary alicyclic amines) is 1. The minimum absolute atomic E-state index is 0.0980. The van der Waals surface area contributed by atoms with E-state index in [-0.39, 0.29) is 18.6 Å². The van der Waals surface area contributed by atoms with Crippen molar-refractivity contribution in [3.63, 3.8) is 0 Å². The average molecular weight is 489 g/mol. The van der Waals surface area contributed by atoms with Gasteiger partial charge in [0.05, 0.1) is 13.0 Å². The highest BCUT2D eigenvalue weighted by atomic mass is 16.5. The van der Waals surface area contributed by atoms with E-state index in [9.17, 15) is 9.59 Å². The second kappa shape index (κ2) is 11.4. The average Bonchev–Trinajstić information content (AvgIpc) is 3.31. The molecule has 0 saturated carbocycles. The van der Waals surface area contributed by atoms with Crippen LogP contribution in [-0.2, 0) is 20.8 Å². The molecule has 3 aromatic rings. The molecule has 10 heteroatoms. The number of carbonyl (C=O) groups excluding carboxylic acids is 2. The summed E-state index contributed by atoms with van der Waals surface area (Å²) in [7, 11) is 1.35. The van der Waals surface area contributed by atoms with Gasteiger partial charge >= 0.3 is 12.1 Å². The van der Waals surface area contributed by atoms with Gasteiger partial charge in [-0.1, -0.05) is 24.6 Å². The molecular formula is C26H28N6O4. The molecule has 2 unspecified atom stereocenters. The minimum atomic E-state index is -0.581. The first-order chi connectivity index (χ1) is 17.5. The predicted octanol–water partition coefficient (Wildman–Crippen LogP) is 2.73. The van der Waals surface area contributed by atoms with E-state index in [4.69, 9.17) is 15.9 Å². The third kappa shape index (κ3) is 5.64. The Kier molecular flexibility index (Phi) is 7.82. The molecule has 1 amide bonds. The number of nitrogens with zero attached hydrogens (tertiary/aromatic N) is 4. The van der Waals surface area contributed by atoms with Crippen molar-refractivity contribution < 1.29 is 19.1 Å². The monoisotopic (exact) mass is 488 g/mol. The second-order valence-corrected chi connectivity index (χ2v) is 8.38. The number of fused-ring (bicyclic) bond motifs is 1. The fraction of sp³-hybridized carbons (Fsp3) is 0.308. The van der Waals surface area contributed by atoms with E-state index in [1.807, 2.05) is 36.5 Å². The van der Waals surface area contributed by atoms with Crippen LogP contribution in [-0.4, -0.2) is 64.4 Å². The molecular weight excluding hydrogens is 460 g/mol. The zero-order valence-electron chi connectivity index (χ0n) is 20.0. The van der Waals surface area contributed by atoms with Crippen molar-refractivity contribution in [2.24, 2.45) is 5.92 Å². The topological polar surface area (TPSA) is 110 Å². The van der Waals surface area contributed by atoms with Crippen molar-refractivity contribution in [2.45, 2.75) is 19.0 Å². The number of nitrogens with one attached hydrogen (secondary N) is 2. The van der Waals surface area contributed by atoms with Gasteiger partial charge in [-0.05, 0) is 36.2 Å². The summed E-state index contributed by atoms with van der Waals surface area (Å²) in [4.78, 5) is 31.2. The number of terminal acetylenes is 1. The quantitative estimate of drug-likeness (QED) is 0.283. The highest BCUT2D eigenvalue weighted by molar-refractivity contribution is 5.77. The van der Waals surface area contributed by atoms with Crippen LogP contribution in [0.1, 0.15) is 17.5 Å². The molecule has 186 valence electrons. The van der Waals surface area contributed by atoms with Crippen LogP contribution >= 0.6 is 0 Å². The van der Waals surface area contributed by atoms with E-state index >= 15 is 0 Å². The van der Waals surface area contributed by atoms with E-state index < -0.39 is 12.0 Å². The Morgan fingerprint density at radius 1 is 1.36 bits per heavy atom. The molecule has 2 aromatic heterocycles. The minimum Gasteiger partial charge on any atom is -0.469 e. The van der Waals surface area contributed by atoms with Gasteiger partial charge in [0, 0.05) is 43.1 Å². The number of amides is 1. The molecule has 1 saturated heterocycles. The first-order valence-electron chi connectivity index (χ1n) is 11.5. The lowest BCUT2D eigenvalue weighted by Crippen LogP contribution is -2.53. The van der Waals surface area contributed by atoms with Gasteiger partial charge in [0.15, 0.2) is 5.82 Å². The van der Waals surface area contributed by atoms with Crippen LogP contribution in [0.15, 0.2) is 55.5 Å². The molecule has 2 N–H and O–H groups in total. The van der Waals surface area contributed by atoms with Crippen molar-refractivity contribution in [1.29, 1.82) is 0 Å². The van der Waals surface area contributed by atoms with Gasteiger partial charge in [-0.25, -0.2) is 14.3 Å². The molecule has 0 bridgehead atoms. The van der Waals surface area contributed by atoms with Crippen molar-refractivity contribution in [3.05, 3.63) is 66.6 Å².